The van der Waals surface area contributed by atoms with Gasteiger partial charge in [-0.05, 0) is 31.7 Å². The number of nitrogens with zero attached hydrogens (tertiary/aromatic N) is 2. The summed E-state index contributed by atoms with van der Waals surface area (Å²) in [5.74, 6) is -0.403. The van der Waals surface area contributed by atoms with Gasteiger partial charge in [0.1, 0.15) is 5.41 Å². The molecular weight excluding hydrogens is 308 g/mol. The first-order valence-electron chi connectivity index (χ1n) is 6.98. The minimum Gasteiger partial charge on any atom is -0.468 e. The quantitative estimate of drug-likeness (QED) is 0.598. The molecule has 2 rings (SSSR count). The number of carbonyl (C=O) groups is 1. The summed E-state index contributed by atoms with van der Waals surface area (Å²) in [6.45, 7) is 0. The molecule has 1 saturated carbocycles. The van der Waals surface area contributed by atoms with Crippen LogP contribution in [0.3, 0.4) is 0 Å². The van der Waals surface area contributed by atoms with Crippen LogP contribution in [0.25, 0.3) is 0 Å². The lowest BCUT2D eigenvalue weighted by Gasteiger charge is -2.36. The first-order valence-corrected chi connectivity index (χ1v) is 8.87. The number of sulfone groups is 1. The SMILES string of the molecule is COC(=O)C1(c2ccnc(S(C)(=O)=O)n2)CCC(OC)CC1. The molecule has 0 spiro atoms. The van der Waals surface area contributed by atoms with E-state index in [1.807, 2.05) is 0 Å². The molecule has 0 amide bonds. The van der Waals surface area contributed by atoms with Crippen LogP contribution in [0.4, 0.5) is 0 Å². The molecule has 122 valence electrons. The largest absolute Gasteiger partial charge is 0.468 e. The van der Waals surface area contributed by atoms with E-state index >= 15 is 0 Å². The highest BCUT2D eigenvalue weighted by molar-refractivity contribution is 7.90. The fourth-order valence-corrected chi connectivity index (χ4v) is 3.38. The number of esters is 1. The fraction of sp³-hybridized carbons (Fsp3) is 0.643. The van der Waals surface area contributed by atoms with E-state index in [2.05, 4.69) is 9.97 Å². The maximum Gasteiger partial charge on any atom is 0.317 e. The number of hydrogen-bond donors (Lipinski definition) is 0. The number of rotatable bonds is 4. The van der Waals surface area contributed by atoms with E-state index in [1.165, 1.54) is 13.3 Å². The van der Waals surface area contributed by atoms with Crippen LogP contribution in [0.1, 0.15) is 31.4 Å². The zero-order chi connectivity index (χ0) is 16.4. The van der Waals surface area contributed by atoms with Crippen LogP contribution in [-0.2, 0) is 29.5 Å². The Kier molecular flexibility index (Phi) is 4.81. The Morgan fingerprint density at radius 3 is 2.45 bits per heavy atom. The lowest BCUT2D eigenvalue weighted by atomic mass is 9.70. The maximum absolute atomic E-state index is 12.4. The number of hydrogen-bond acceptors (Lipinski definition) is 7. The molecule has 1 aliphatic carbocycles. The van der Waals surface area contributed by atoms with Gasteiger partial charge >= 0.3 is 5.97 Å². The Morgan fingerprint density at radius 1 is 1.32 bits per heavy atom. The normalized spacial score (nSPS) is 25.7. The lowest BCUT2D eigenvalue weighted by molar-refractivity contribution is -0.150. The summed E-state index contributed by atoms with van der Waals surface area (Å²) >= 11 is 0. The molecule has 0 bridgehead atoms. The van der Waals surface area contributed by atoms with Crippen LogP contribution in [-0.4, -0.2) is 50.9 Å². The van der Waals surface area contributed by atoms with Gasteiger partial charge in [-0.15, -0.1) is 0 Å². The molecule has 0 aromatic carbocycles. The van der Waals surface area contributed by atoms with Gasteiger partial charge in [0, 0.05) is 19.6 Å². The summed E-state index contributed by atoms with van der Waals surface area (Å²) < 4.78 is 33.6. The lowest BCUT2D eigenvalue weighted by Crippen LogP contribution is -2.43. The fourth-order valence-electron chi connectivity index (χ4n) is 2.87. The van der Waals surface area contributed by atoms with Gasteiger partial charge in [0.05, 0.1) is 18.9 Å². The van der Waals surface area contributed by atoms with Crippen molar-refractivity contribution in [3.8, 4) is 0 Å². The molecule has 22 heavy (non-hydrogen) atoms. The van der Waals surface area contributed by atoms with E-state index < -0.39 is 21.2 Å². The number of ether oxygens (including phenoxy) is 2. The minimum atomic E-state index is -3.54. The zero-order valence-electron chi connectivity index (χ0n) is 12.9. The molecule has 8 heteroatoms. The Hall–Kier alpha value is -1.54. The Balaban J connectivity index is 2.45. The standard InChI is InChI=1S/C14H20N2O5S/c1-20-10-4-7-14(8-5-10,12(17)21-2)11-6-9-15-13(16-11)22(3,18)19/h6,9-10H,4-5,7-8H2,1-3H3. The molecule has 1 aromatic heterocycles. The molecule has 0 unspecified atom stereocenters. The topological polar surface area (TPSA) is 95.5 Å². The van der Waals surface area contributed by atoms with Crippen LogP contribution in [0.5, 0.6) is 0 Å². The van der Waals surface area contributed by atoms with Crippen molar-refractivity contribution in [2.45, 2.75) is 42.4 Å². The summed E-state index contributed by atoms with van der Waals surface area (Å²) in [5, 5.41) is -0.276. The monoisotopic (exact) mass is 328 g/mol. The predicted molar refractivity (Wildman–Crippen MR) is 78.1 cm³/mol. The van der Waals surface area contributed by atoms with Crippen molar-refractivity contribution >= 4 is 15.8 Å². The molecule has 7 nitrogen and oxygen atoms in total. The molecule has 1 fully saturated rings. The first-order chi connectivity index (χ1) is 10.3. The van der Waals surface area contributed by atoms with Gasteiger partial charge in [-0.2, -0.15) is 0 Å². The Morgan fingerprint density at radius 2 is 1.95 bits per heavy atom. The second-order valence-corrected chi connectivity index (χ2v) is 7.41. The van der Waals surface area contributed by atoms with Crippen molar-refractivity contribution in [2.75, 3.05) is 20.5 Å². The van der Waals surface area contributed by atoms with Crippen molar-refractivity contribution < 1.29 is 22.7 Å². The van der Waals surface area contributed by atoms with Gasteiger partial charge in [-0.1, -0.05) is 0 Å². The zero-order valence-corrected chi connectivity index (χ0v) is 13.7. The van der Waals surface area contributed by atoms with Crippen molar-refractivity contribution in [2.24, 2.45) is 0 Å². The van der Waals surface area contributed by atoms with Crippen molar-refractivity contribution in [3.63, 3.8) is 0 Å². The Bertz CT molecular complexity index is 651. The van der Waals surface area contributed by atoms with Gasteiger partial charge in [0.15, 0.2) is 0 Å². The molecule has 0 radical (unpaired) electrons. The summed E-state index contributed by atoms with van der Waals surface area (Å²) in [6, 6.07) is 1.58. The molecule has 0 saturated heterocycles. The van der Waals surface area contributed by atoms with Crippen LogP contribution in [0.2, 0.25) is 0 Å². The van der Waals surface area contributed by atoms with Crippen molar-refractivity contribution in [3.05, 3.63) is 18.0 Å². The second kappa shape index (κ2) is 6.29. The third kappa shape index (κ3) is 3.12. The van der Waals surface area contributed by atoms with Gasteiger partial charge in [0.25, 0.3) is 0 Å². The van der Waals surface area contributed by atoms with Gasteiger partial charge in [-0.3, -0.25) is 4.79 Å². The highest BCUT2D eigenvalue weighted by Crippen LogP contribution is 2.40. The smallest absolute Gasteiger partial charge is 0.317 e. The van der Waals surface area contributed by atoms with Gasteiger partial charge < -0.3 is 9.47 Å². The molecule has 0 N–H and O–H groups in total. The minimum absolute atomic E-state index is 0.0917. The third-order valence-corrected chi connectivity index (χ3v) is 5.01. The van der Waals surface area contributed by atoms with Crippen molar-refractivity contribution in [1.29, 1.82) is 0 Å². The number of carbonyl (C=O) groups excluding carboxylic acids is 1. The highest BCUT2D eigenvalue weighted by atomic mass is 32.2. The second-order valence-electron chi connectivity index (χ2n) is 5.51. The van der Waals surface area contributed by atoms with Crippen LogP contribution >= 0.6 is 0 Å². The molecule has 1 aromatic rings. The maximum atomic E-state index is 12.4. The summed E-state index contributed by atoms with van der Waals surface area (Å²) in [4.78, 5) is 20.3. The van der Waals surface area contributed by atoms with E-state index in [1.54, 1.807) is 13.2 Å². The Labute approximate surface area is 130 Å². The summed E-state index contributed by atoms with van der Waals surface area (Å²) in [7, 11) is -0.572. The van der Waals surface area contributed by atoms with E-state index in [-0.39, 0.29) is 11.3 Å². The average Bonchev–Trinajstić information content (AvgIpc) is 2.53. The van der Waals surface area contributed by atoms with Crippen LogP contribution < -0.4 is 0 Å². The molecular formula is C14H20N2O5S. The van der Waals surface area contributed by atoms with E-state index in [4.69, 9.17) is 9.47 Å². The van der Waals surface area contributed by atoms with Crippen LogP contribution in [0.15, 0.2) is 17.4 Å². The van der Waals surface area contributed by atoms with E-state index in [0.29, 0.717) is 31.4 Å². The highest BCUT2D eigenvalue weighted by Gasteiger charge is 2.46. The molecule has 0 atom stereocenters. The molecule has 1 aliphatic rings. The van der Waals surface area contributed by atoms with Gasteiger partial charge in [0.2, 0.25) is 15.0 Å². The molecule has 1 heterocycles. The van der Waals surface area contributed by atoms with Crippen LogP contribution in [0, 0.1) is 0 Å². The van der Waals surface area contributed by atoms with Gasteiger partial charge in [-0.25, -0.2) is 18.4 Å². The summed E-state index contributed by atoms with van der Waals surface area (Å²) in [6.07, 6.45) is 4.86. The molecule has 0 aliphatic heterocycles. The number of methoxy groups -OCH3 is 2. The first kappa shape index (κ1) is 16.8. The summed E-state index contributed by atoms with van der Waals surface area (Å²) in [5.41, 5.74) is -0.545. The van der Waals surface area contributed by atoms with E-state index in [0.717, 1.165) is 6.26 Å². The third-order valence-electron chi connectivity index (χ3n) is 4.15. The predicted octanol–water partition coefficient (Wildman–Crippen LogP) is 0.880. The number of aromatic nitrogens is 2. The van der Waals surface area contributed by atoms with Crippen molar-refractivity contribution in [1.82, 2.24) is 9.97 Å². The average molecular weight is 328 g/mol. The van der Waals surface area contributed by atoms with E-state index in [9.17, 15) is 13.2 Å².